The van der Waals surface area contributed by atoms with Gasteiger partial charge < -0.3 is 38.5 Å². The molecule has 4 rings (SSSR count). The molecule has 2 aliphatic heterocycles. The normalized spacial score (nSPS) is 25.8. The van der Waals surface area contributed by atoms with E-state index in [0.29, 0.717) is 17.7 Å². The number of ether oxygens (including phenoxy) is 4. The number of amides is 4. The maximum absolute atomic E-state index is 14.9. The number of nitrogens with zero attached hydrogens (tertiary/aromatic N) is 5. The van der Waals surface area contributed by atoms with Crippen LogP contribution in [0.4, 0.5) is 8.78 Å². The molecule has 8 atom stereocenters. The predicted octanol–water partition coefficient (Wildman–Crippen LogP) is 6.90. The second-order valence-electron chi connectivity index (χ2n) is 22.7. The van der Waals surface area contributed by atoms with Crippen molar-refractivity contribution in [1.29, 1.82) is 0 Å². The molecule has 0 bridgehead atoms. The maximum atomic E-state index is 14.9. The van der Waals surface area contributed by atoms with E-state index in [1.807, 2.05) is 60.3 Å². The summed E-state index contributed by atoms with van der Waals surface area (Å²) in [5, 5.41) is 0. The first-order valence-corrected chi connectivity index (χ1v) is 27.1. The van der Waals surface area contributed by atoms with Crippen molar-refractivity contribution in [3.05, 3.63) is 71.3 Å². The zero-order valence-corrected chi connectivity index (χ0v) is 47.8. The largest absolute Gasteiger partial charge is 0.451 e. The van der Waals surface area contributed by atoms with Gasteiger partial charge in [-0.05, 0) is 79.9 Å². The lowest BCUT2D eigenvalue weighted by atomic mass is 9.99. The first kappa shape index (κ1) is 63.6. The molecule has 19 heteroatoms. The average Bonchev–Trinajstić information content (AvgIpc) is 3.36. The van der Waals surface area contributed by atoms with E-state index in [4.69, 9.17) is 18.9 Å². The molecule has 2 fully saturated rings. The number of alkyl halides is 2. The van der Waals surface area contributed by atoms with Crippen molar-refractivity contribution in [2.45, 2.75) is 182 Å². The van der Waals surface area contributed by atoms with Gasteiger partial charge in [-0.25, -0.2) is 28.0 Å². The molecule has 0 radical (unpaired) electrons. The lowest BCUT2D eigenvalue weighted by Gasteiger charge is -2.35. The number of benzene rings is 2. The lowest BCUT2D eigenvalue weighted by molar-refractivity contribution is -0.176. The Labute approximate surface area is 454 Å². The van der Waals surface area contributed by atoms with E-state index in [0.717, 1.165) is 25.2 Å². The van der Waals surface area contributed by atoms with Gasteiger partial charge in [0.15, 0.2) is 24.4 Å². The number of likely N-dealkylation sites (N-methyl/N-ethyl adjacent to an activating group) is 4. The van der Waals surface area contributed by atoms with E-state index in [-0.39, 0.29) is 88.1 Å². The molecule has 2 aliphatic rings. The van der Waals surface area contributed by atoms with Crippen LogP contribution >= 0.6 is 0 Å². The van der Waals surface area contributed by atoms with Crippen molar-refractivity contribution >= 4 is 47.5 Å². The summed E-state index contributed by atoms with van der Waals surface area (Å²) in [7, 11) is 5.48. The molecule has 2 aromatic rings. The zero-order chi connectivity index (χ0) is 57.6. The highest BCUT2D eigenvalue weighted by atomic mass is 19.3. The maximum Gasteiger partial charge on any atom is 0.329 e. The number of piperidine rings is 1. The summed E-state index contributed by atoms with van der Waals surface area (Å²) in [6.45, 7) is 18.2. The number of halogens is 2. The van der Waals surface area contributed by atoms with E-state index in [1.54, 1.807) is 54.6 Å². The minimum absolute atomic E-state index is 0.0606. The Hall–Kier alpha value is -5.98. The van der Waals surface area contributed by atoms with Gasteiger partial charge in [0, 0.05) is 73.5 Å². The van der Waals surface area contributed by atoms with Crippen LogP contribution in [0.25, 0.3) is 0 Å². The summed E-state index contributed by atoms with van der Waals surface area (Å²) >= 11 is 0. The fourth-order valence-corrected chi connectivity index (χ4v) is 9.60. The summed E-state index contributed by atoms with van der Waals surface area (Å²) in [6, 6.07) is 10.7. The van der Waals surface area contributed by atoms with Crippen LogP contribution in [-0.2, 0) is 76.7 Å². The minimum atomic E-state index is -2.70. The van der Waals surface area contributed by atoms with Gasteiger partial charge in [0.1, 0.15) is 24.2 Å². The Balaban J connectivity index is 1.83. The summed E-state index contributed by atoms with van der Waals surface area (Å²) in [6.07, 6.45) is -6.53. The Kier molecular flexibility index (Phi) is 23.6. The molecule has 0 aliphatic carbocycles. The van der Waals surface area contributed by atoms with Gasteiger partial charge in [0.05, 0.1) is 0 Å². The molecule has 2 heterocycles. The SMILES string of the molecule is CC(C)C[C@H]1C(=O)O[C@H](C)C(=O)N(C)[C@@H](CC(C)C)C(=O)O[C@H](Cc2ccccc2)C(=O)N(C)[C@@H](CC(C)C)C(=O)O[C@H](C)C(=O)N(C)[C@@H](CC(C)C)C(=O)O[C@@H](Cc2ccc(CN3CCC(F)(F)CC3)cc2)C(=O)N1C. The number of hydrogen-bond donors (Lipinski definition) is 0. The first-order valence-electron chi connectivity index (χ1n) is 27.1. The second-order valence-corrected chi connectivity index (χ2v) is 22.7. The molecular weight excluding hydrogens is 997 g/mol. The number of rotatable bonds is 14. The summed E-state index contributed by atoms with van der Waals surface area (Å²) in [5.74, 6) is -10.3. The van der Waals surface area contributed by atoms with Gasteiger partial charge in [-0.3, -0.25) is 24.1 Å². The van der Waals surface area contributed by atoms with Crippen LogP contribution < -0.4 is 0 Å². The molecule has 2 aromatic carbocycles. The molecule has 0 spiro atoms. The third-order valence-electron chi connectivity index (χ3n) is 14.2. The summed E-state index contributed by atoms with van der Waals surface area (Å²) in [4.78, 5) is 123. The van der Waals surface area contributed by atoms with Gasteiger partial charge >= 0.3 is 23.9 Å². The van der Waals surface area contributed by atoms with Crippen molar-refractivity contribution in [3.8, 4) is 0 Å². The van der Waals surface area contributed by atoms with E-state index in [1.165, 1.54) is 42.0 Å². The molecule has 0 N–H and O–H groups in total. The minimum Gasteiger partial charge on any atom is -0.451 e. The van der Waals surface area contributed by atoms with Crippen LogP contribution in [0.3, 0.4) is 0 Å². The quantitative estimate of drug-likeness (QED) is 0.141. The molecule has 4 amide bonds. The standard InChI is InChI=1S/C58H85F2N5O12/c1-35(2)28-44-54(70)74-40(10)51(67)62(12)47(31-38(7)8)57(73)77-49(33-42-20-22-43(23-21-42)34-65-26-24-58(59,60)25-27-65)53(69)64(14)45(29-36(3)4)55(71)75-39(9)50(66)61(11)46(30-37(5)6)56(72)76-48(52(68)63(44)13)32-41-18-16-15-17-19-41/h15-23,35-40,44-49H,24-34H2,1-14H3/t39-,40-,44+,45+,46+,47+,48-,49+/m1/s1. The van der Waals surface area contributed by atoms with Crippen molar-refractivity contribution in [2.24, 2.45) is 23.7 Å². The average molecular weight is 1080 g/mol. The molecule has 0 unspecified atom stereocenters. The number of carbonyl (C=O) groups excluding carboxylic acids is 8. The Morgan fingerprint density at radius 1 is 0.455 bits per heavy atom. The highest BCUT2D eigenvalue weighted by molar-refractivity contribution is 5.94. The Morgan fingerprint density at radius 3 is 1.09 bits per heavy atom. The van der Waals surface area contributed by atoms with Crippen LogP contribution in [0.1, 0.15) is 124 Å². The number of likely N-dealkylation sites (tertiary alicyclic amines) is 1. The highest BCUT2D eigenvalue weighted by Gasteiger charge is 2.43. The lowest BCUT2D eigenvalue weighted by Crippen LogP contribution is -2.55. The Bertz CT molecular complexity index is 2310. The zero-order valence-electron chi connectivity index (χ0n) is 47.8. The van der Waals surface area contributed by atoms with Gasteiger partial charge in [-0.2, -0.15) is 0 Å². The Morgan fingerprint density at radius 2 is 0.753 bits per heavy atom. The van der Waals surface area contributed by atoms with Gasteiger partial charge in [-0.15, -0.1) is 0 Å². The predicted molar refractivity (Wildman–Crippen MR) is 285 cm³/mol. The van der Waals surface area contributed by atoms with Gasteiger partial charge in [-0.1, -0.05) is 110 Å². The van der Waals surface area contributed by atoms with Crippen LogP contribution in [0.5, 0.6) is 0 Å². The third kappa shape index (κ3) is 18.6. The van der Waals surface area contributed by atoms with Crippen molar-refractivity contribution in [3.63, 3.8) is 0 Å². The molecular formula is C58H85F2N5O12. The summed E-state index contributed by atoms with van der Waals surface area (Å²) < 4.78 is 51.8. The number of hydrogen-bond acceptors (Lipinski definition) is 13. The van der Waals surface area contributed by atoms with E-state index in [2.05, 4.69) is 0 Å². The van der Waals surface area contributed by atoms with E-state index >= 15 is 0 Å². The fraction of sp³-hybridized carbons (Fsp3) is 0.655. The topological polar surface area (TPSA) is 190 Å². The molecule has 0 aromatic heterocycles. The first-order chi connectivity index (χ1) is 36.0. The molecule has 2 saturated heterocycles. The van der Waals surface area contributed by atoms with E-state index in [9.17, 15) is 47.1 Å². The van der Waals surface area contributed by atoms with Crippen molar-refractivity contribution in [1.82, 2.24) is 24.5 Å². The number of esters is 4. The molecule has 17 nitrogen and oxygen atoms in total. The van der Waals surface area contributed by atoms with Crippen LogP contribution in [0.2, 0.25) is 0 Å². The second kappa shape index (κ2) is 28.6. The molecule has 0 saturated carbocycles. The number of cyclic esters (lactones) is 4. The van der Waals surface area contributed by atoms with Crippen LogP contribution in [0, 0.1) is 23.7 Å². The monoisotopic (exact) mass is 1080 g/mol. The molecule has 77 heavy (non-hydrogen) atoms. The van der Waals surface area contributed by atoms with Crippen LogP contribution in [0.15, 0.2) is 54.6 Å². The smallest absolute Gasteiger partial charge is 0.329 e. The third-order valence-corrected chi connectivity index (χ3v) is 14.2. The van der Waals surface area contributed by atoms with Crippen molar-refractivity contribution in [2.75, 3.05) is 41.3 Å². The van der Waals surface area contributed by atoms with Gasteiger partial charge in [0.2, 0.25) is 0 Å². The highest BCUT2D eigenvalue weighted by Crippen LogP contribution is 2.29. The molecule has 428 valence electrons. The number of carbonyl (C=O) groups is 8. The fourth-order valence-electron chi connectivity index (χ4n) is 9.60. The summed E-state index contributed by atoms with van der Waals surface area (Å²) in [5.41, 5.74) is 2.03. The van der Waals surface area contributed by atoms with Gasteiger partial charge in [0.25, 0.3) is 29.6 Å². The van der Waals surface area contributed by atoms with E-state index < -0.39 is 102 Å². The van der Waals surface area contributed by atoms with Crippen molar-refractivity contribution < 1.29 is 66.1 Å². The van der Waals surface area contributed by atoms with Crippen LogP contribution in [-0.4, -0.2) is 168 Å².